The molecule has 106 valence electrons. The van der Waals surface area contributed by atoms with E-state index in [-0.39, 0.29) is 23.5 Å². The van der Waals surface area contributed by atoms with Crippen LogP contribution in [0.15, 0.2) is 24.4 Å². The van der Waals surface area contributed by atoms with Crippen molar-refractivity contribution in [2.45, 2.75) is 12.5 Å². The summed E-state index contributed by atoms with van der Waals surface area (Å²) in [6.07, 6.45) is 2.16. The number of H-pyrrole nitrogens is 1. The summed E-state index contributed by atoms with van der Waals surface area (Å²) in [6.45, 7) is 0. The second-order valence-corrected chi connectivity index (χ2v) is 7.34. The molecule has 1 N–H and O–H groups in total. The summed E-state index contributed by atoms with van der Waals surface area (Å²) in [7, 11) is -1.35. The lowest BCUT2D eigenvalue weighted by molar-refractivity contribution is 0.0749. The molecular formula is C13H15N3O3S. The molecule has 1 aromatic carbocycles. The molecule has 6 nitrogen and oxygen atoms in total. The molecule has 3 rings (SSSR count). The number of fused-ring (bicyclic) bond motifs is 1. The van der Waals surface area contributed by atoms with Crippen molar-refractivity contribution in [2.24, 2.45) is 0 Å². The minimum Gasteiger partial charge on any atom is -0.338 e. The van der Waals surface area contributed by atoms with E-state index in [4.69, 9.17) is 0 Å². The molecule has 0 radical (unpaired) electrons. The van der Waals surface area contributed by atoms with Gasteiger partial charge in [0.05, 0.1) is 28.8 Å². The highest BCUT2D eigenvalue weighted by molar-refractivity contribution is 7.91. The van der Waals surface area contributed by atoms with Crippen LogP contribution in [0.2, 0.25) is 0 Å². The molecule has 1 fully saturated rings. The van der Waals surface area contributed by atoms with E-state index >= 15 is 0 Å². The third-order valence-corrected chi connectivity index (χ3v) is 5.53. The standard InChI is InChI=1S/C13H15N3O3S/c1-16(10-5-6-20(18,19)8-10)13(17)11-4-2-3-9-7-14-15-12(9)11/h2-4,7,10H,5-6,8H2,1H3,(H,14,15)/t10-/m0/s1. The number of hydrogen-bond donors (Lipinski definition) is 1. The first kappa shape index (κ1) is 13.1. The fourth-order valence-electron chi connectivity index (χ4n) is 2.58. The number of carbonyl (C=O) groups is 1. The summed E-state index contributed by atoms with van der Waals surface area (Å²) in [6, 6.07) is 5.15. The average Bonchev–Trinajstić information content (AvgIpc) is 3.02. The van der Waals surface area contributed by atoms with Crippen molar-refractivity contribution < 1.29 is 13.2 Å². The summed E-state index contributed by atoms with van der Waals surface area (Å²) in [5.74, 6) is 0.0273. The molecule has 0 bridgehead atoms. The summed E-state index contributed by atoms with van der Waals surface area (Å²) in [5.41, 5.74) is 1.21. The number of nitrogens with zero attached hydrogens (tertiary/aromatic N) is 2. The second-order valence-electron chi connectivity index (χ2n) is 5.11. The third kappa shape index (κ3) is 2.18. The Balaban J connectivity index is 1.91. The van der Waals surface area contributed by atoms with Crippen LogP contribution in [0.4, 0.5) is 0 Å². The van der Waals surface area contributed by atoms with Gasteiger partial charge in [-0.2, -0.15) is 5.10 Å². The highest BCUT2D eigenvalue weighted by atomic mass is 32.2. The molecule has 1 aliphatic rings. The number of sulfone groups is 1. The number of para-hydroxylation sites is 1. The number of aromatic amines is 1. The number of benzene rings is 1. The van der Waals surface area contributed by atoms with Crippen LogP contribution in [0.5, 0.6) is 0 Å². The zero-order valence-corrected chi connectivity index (χ0v) is 11.9. The lowest BCUT2D eigenvalue weighted by atomic mass is 10.1. The van der Waals surface area contributed by atoms with E-state index < -0.39 is 9.84 Å². The smallest absolute Gasteiger partial charge is 0.256 e. The predicted molar refractivity (Wildman–Crippen MR) is 75.2 cm³/mol. The molecule has 1 saturated heterocycles. The molecule has 1 aromatic heterocycles. The van der Waals surface area contributed by atoms with Gasteiger partial charge in [-0.1, -0.05) is 12.1 Å². The van der Waals surface area contributed by atoms with Gasteiger partial charge in [0, 0.05) is 18.5 Å². The molecule has 0 spiro atoms. The van der Waals surface area contributed by atoms with Crippen LogP contribution < -0.4 is 0 Å². The van der Waals surface area contributed by atoms with Crippen LogP contribution in [-0.4, -0.2) is 54.0 Å². The molecule has 0 aliphatic carbocycles. The Kier molecular flexibility index (Phi) is 3.01. The van der Waals surface area contributed by atoms with Crippen LogP contribution in [0.1, 0.15) is 16.8 Å². The first-order chi connectivity index (χ1) is 9.48. The van der Waals surface area contributed by atoms with E-state index in [0.717, 1.165) is 5.39 Å². The van der Waals surface area contributed by atoms with Gasteiger partial charge in [-0.25, -0.2) is 8.42 Å². The Bertz CT molecular complexity index is 766. The molecule has 0 unspecified atom stereocenters. The van der Waals surface area contributed by atoms with Crippen molar-refractivity contribution in [3.63, 3.8) is 0 Å². The third-order valence-electron chi connectivity index (χ3n) is 3.78. The maximum atomic E-state index is 12.5. The van der Waals surface area contributed by atoms with Crippen LogP contribution in [0.25, 0.3) is 10.9 Å². The molecular weight excluding hydrogens is 278 g/mol. The topological polar surface area (TPSA) is 83.1 Å². The zero-order valence-electron chi connectivity index (χ0n) is 11.0. The Hall–Kier alpha value is -1.89. The highest BCUT2D eigenvalue weighted by Crippen LogP contribution is 2.21. The lowest BCUT2D eigenvalue weighted by Crippen LogP contribution is -2.37. The quantitative estimate of drug-likeness (QED) is 0.888. The van der Waals surface area contributed by atoms with E-state index in [9.17, 15) is 13.2 Å². The predicted octanol–water partition coefficient (Wildman–Crippen LogP) is 0.822. The van der Waals surface area contributed by atoms with E-state index in [1.165, 1.54) is 4.90 Å². The van der Waals surface area contributed by atoms with Gasteiger partial charge in [0.1, 0.15) is 0 Å². The van der Waals surface area contributed by atoms with Crippen LogP contribution in [-0.2, 0) is 9.84 Å². The zero-order chi connectivity index (χ0) is 14.3. The SMILES string of the molecule is CN(C(=O)c1cccc2cn[nH]c12)[C@H]1CCS(=O)(=O)C1. The van der Waals surface area contributed by atoms with Gasteiger partial charge in [-0.3, -0.25) is 9.89 Å². The number of nitrogens with one attached hydrogen (secondary N) is 1. The van der Waals surface area contributed by atoms with Gasteiger partial charge in [0.25, 0.3) is 5.91 Å². The average molecular weight is 293 g/mol. The number of rotatable bonds is 2. The summed E-state index contributed by atoms with van der Waals surface area (Å²) in [5, 5.41) is 7.61. The fraction of sp³-hybridized carbons (Fsp3) is 0.385. The van der Waals surface area contributed by atoms with E-state index in [1.54, 1.807) is 25.4 Å². The normalized spacial score (nSPS) is 21.1. The first-order valence-electron chi connectivity index (χ1n) is 6.37. The van der Waals surface area contributed by atoms with Gasteiger partial charge in [0.15, 0.2) is 9.84 Å². The van der Waals surface area contributed by atoms with Gasteiger partial charge in [-0.15, -0.1) is 0 Å². The maximum Gasteiger partial charge on any atom is 0.256 e. The summed E-state index contributed by atoms with van der Waals surface area (Å²) < 4.78 is 23.0. The first-order valence-corrected chi connectivity index (χ1v) is 8.20. The van der Waals surface area contributed by atoms with E-state index in [0.29, 0.717) is 17.5 Å². The van der Waals surface area contributed by atoms with Crippen molar-refractivity contribution in [2.75, 3.05) is 18.6 Å². The van der Waals surface area contributed by atoms with Crippen molar-refractivity contribution in [3.05, 3.63) is 30.0 Å². The van der Waals surface area contributed by atoms with Crippen LogP contribution >= 0.6 is 0 Å². The molecule has 7 heteroatoms. The molecule has 0 saturated carbocycles. The monoisotopic (exact) mass is 293 g/mol. The van der Waals surface area contributed by atoms with Crippen LogP contribution in [0, 0.1) is 0 Å². The molecule has 1 aliphatic heterocycles. The minimum atomic E-state index is -3.00. The summed E-state index contributed by atoms with van der Waals surface area (Å²) in [4.78, 5) is 14.1. The van der Waals surface area contributed by atoms with E-state index in [1.807, 2.05) is 6.07 Å². The molecule has 20 heavy (non-hydrogen) atoms. The van der Waals surface area contributed by atoms with Gasteiger partial charge >= 0.3 is 0 Å². The number of aromatic nitrogens is 2. The second kappa shape index (κ2) is 4.59. The molecule has 1 atom stereocenters. The Labute approximate surface area is 116 Å². The lowest BCUT2D eigenvalue weighted by Gasteiger charge is -2.23. The van der Waals surface area contributed by atoms with Gasteiger partial charge in [0.2, 0.25) is 0 Å². The van der Waals surface area contributed by atoms with Crippen LogP contribution in [0.3, 0.4) is 0 Å². The Morgan fingerprint density at radius 1 is 1.45 bits per heavy atom. The van der Waals surface area contributed by atoms with E-state index in [2.05, 4.69) is 10.2 Å². The van der Waals surface area contributed by atoms with Gasteiger partial charge in [-0.05, 0) is 12.5 Å². The number of hydrogen-bond acceptors (Lipinski definition) is 4. The highest BCUT2D eigenvalue weighted by Gasteiger charge is 2.33. The number of amides is 1. The van der Waals surface area contributed by atoms with Gasteiger partial charge < -0.3 is 4.90 Å². The largest absolute Gasteiger partial charge is 0.338 e. The van der Waals surface area contributed by atoms with Crippen molar-refractivity contribution >= 4 is 26.6 Å². The Morgan fingerprint density at radius 3 is 2.95 bits per heavy atom. The summed E-state index contributed by atoms with van der Waals surface area (Å²) >= 11 is 0. The fourth-order valence-corrected chi connectivity index (χ4v) is 4.36. The molecule has 2 heterocycles. The van der Waals surface area contributed by atoms with Crippen molar-refractivity contribution in [3.8, 4) is 0 Å². The number of carbonyl (C=O) groups excluding carboxylic acids is 1. The minimum absolute atomic E-state index is 0.0498. The Morgan fingerprint density at radius 2 is 2.25 bits per heavy atom. The maximum absolute atomic E-state index is 12.5. The molecule has 1 amide bonds. The molecule has 2 aromatic rings. The van der Waals surface area contributed by atoms with Crippen molar-refractivity contribution in [1.29, 1.82) is 0 Å². The van der Waals surface area contributed by atoms with Crippen molar-refractivity contribution in [1.82, 2.24) is 15.1 Å².